The van der Waals surface area contributed by atoms with Crippen LogP contribution in [0.2, 0.25) is 0 Å². The summed E-state index contributed by atoms with van der Waals surface area (Å²) in [6.07, 6.45) is 0. The summed E-state index contributed by atoms with van der Waals surface area (Å²) in [6.45, 7) is 8.16. The molecule has 27 heavy (non-hydrogen) atoms. The first-order chi connectivity index (χ1) is 10.8. The Morgan fingerprint density at radius 2 is 1.19 bits per heavy atom. The number of hydrogen-bond donors (Lipinski definition) is 0. The van der Waals surface area contributed by atoms with Gasteiger partial charge in [-0.15, -0.1) is 0 Å². The van der Waals surface area contributed by atoms with Gasteiger partial charge in [0.15, 0.2) is 6.61 Å². The van der Waals surface area contributed by atoms with E-state index in [1.54, 1.807) is 6.92 Å². The van der Waals surface area contributed by atoms with Crippen molar-refractivity contribution in [3.8, 4) is 0 Å². The van der Waals surface area contributed by atoms with E-state index in [4.69, 9.17) is 4.79 Å². The average Bonchev–Trinajstić information content (AvgIpc) is 2.54. The van der Waals surface area contributed by atoms with E-state index >= 15 is 0 Å². The Kier molecular flexibility index (Phi) is 98.0. The van der Waals surface area contributed by atoms with Crippen molar-refractivity contribution in [1.82, 2.24) is 0 Å². The Hall–Kier alpha value is 2.26. The summed E-state index contributed by atoms with van der Waals surface area (Å²) in [7, 11) is 8.76. The van der Waals surface area contributed by atoms with Gasteiger partial charge < -0.3 is 28.5 Å². The van der Waals surface area contributed by atoms with Crippen LogP contribution in [-0.4, -0.2) is 44.2 Å². The first-order valence-electron chi connectivity index (χ1n) is 6.13. The predicted molar refractivity (Wildman–Crippen MR) is 79.5 cm³/mol. The van der Waals surface area contributed by atoms with Crippen LogP contribution in [0.25, 0.3) is 0 Å². The van der Waals surface area contributed by atoms with Gasteiger partial charge in [0.25, 0.3) is 5.97 Å². The number of rotatable bonds is 5. The Balaban J connectivity index is -0.0000000297. The maximum absolute atomic E-state index is 10.2. The van der Waals surface area contributed by atoms with Crippen LogP contribution in [0.3, 0.4) is 0 Å². The van der Waals surface area contributed by atoms with Crippen LogP contribution in [0.1, 0.15) is 27.7 Å². The zero-order valence-corrected chi connectivity index (χ0v) is 27.6. The minimum atomic E-state index is -0.662. The van der Waals surface area contributed by atoms with Crippen LogP contribution < -0.4 is 0 Å². The van der Waals surface area contributed by atoms with Gasteiger partial charge in [-0.1, -0.05) is 6.47 Å². The minimum absolute atomic E-state index is 0. The maximum atomic E-state index is 10.2. The molecule has 4 radical (unpaired) electrons. The molecule has 0 unspecified atom stereocenters. The maximum Gasteiger partial charge on any atom is 0.312 e. The van der Waals surface area contributed by atoms with E-state index in [0.29, 0.717) is 13.2 Å². The SMILES string of the molecule is CCO[C-]=O.[CH2-]OC(=O)COC(C)=O.[CH2-]OC(C)=O.[CH2-]OCC.[Y].[Y].[Y].[Y]. The third-order valence-electron chi connectivity index (χ3n) is 1.16. The molecule has 0 aliphatic carbocycles. The quantitative estimate of drug-likeness (QED) is 0.238. The fraction of sp³-hybridized carbons (Fsp3) is 0.500. The van der Waals surface area contributed by atoms with Crippen LogP contribution in [0.15, 0.2) is 0 Å². The van der Waals surface area contributed by atoms with Crippen molar-refractivity contribution in [3.05, 3.63) is 21.3 Å². The molecule has 0 N–H and O–H groups in total. The molecule has 0 saturated heterocycles. The summed E-state index contributed by atoms with van der Waals surface area (Å²) < 4.78 is 20.4. The van der Waals surface area contributed by atoms with Gasteiger partial charge in [0.05, 0.1) is 0 Å². The second kappa shape index (κ2) is 51.2. The molecule has 0 fully saturated rings. The van der Waals surface area contributed by atoms with E-state index < -0.39 is 11.9 Å². The molecule has 0 atom stereocenters. The average molecular weight is 692 g/mol. The number of esters is 3. The molecule has 9 nitrogen and oxygen atoms in total. The summed E-state index contributed by atoms with van der Waals surface area (Å²) in [5, 5.41) is 0. The van der Waals surface area contributed by atoms with E-state index in [1.807, 2.05) is 6.92 Å². The van der Waals surface area contributed by atoms with Crippen LogP contribution in [0.4, 0.5) is 0 Å². The smallest absolute Gasteiger partial charge is 0.312 e. The Labute approximate surface area is 262 Å². The number of hydrogen-bond acceptors (Lipinski definition) is 9. The molecule has 0 bridgehead atoms. The second-order valence-corrected chi connectivity index (χ2v) is 2.94. The standard InChI is InChI=1S/C5H7O4.2C3H5O2.C3H7O.4Y/c1-4(6)9-3-5(7)8-2;1-3(4)5-2;1-2-5-3-4;1-3-4-2;;;;/h2-3H2,1H3;2*2H2,1H3;2-3H2,1H3;;;;/q4*-1;;;;. The summed E-state index contributed by atoms with van der Waals surface area (Å²) >= 11 is 0. The number of carbonyl (C=O) groups is 3. The fourth-order valence-electron chi connectivity index (χ4n) is 0.261. The van der Waals surface area contributed by atoms with Gasteiger partial charge in [-0.3, -0.25) is 14.4 Å². The van der Waals surface area contributed by atoms with Crippen molar-refractivity contribution in [2.24, 2.45) is 0 Å². The van der Waals surface area contributed by atoms with Crippen molar-refractivity contribution < 1.29 is 174 Å². The molecule has 0 rings (SSSR count). The monoisotopic (exact) mass is 692 g/mol. The molecular weight excluding hydrogens is 668 g/mol. The van der Waals surface area contributed by atoms with Gasteiger partial charge in [-0.05, 0) is 13.8 Å². The van der Waals surface area contributed by atoms with Gasteiger partial charge in [-0.2, -0.15) is 14.2 Å². The Bertz CT molecular complexity index is 304. The first-order valence-corrected chi connectivity index (χ1v) is 6.13. The first kappa shape index (κ1) is 51.7. The van der Waals surface area contributed by atoms with Gasteiger partial charge in [0.1, 0.15) is 0 Å². The predicted octanol–water partition coefficient (Wildman–Crippen LogP) is 1.12. The van der Waals surface area contributed by atoms with Crippen molar-refractivity contribution in [2.75, 3.05) is 19.8 Å². The molecule has 0 amide bonds. The molecule has 0 aliphatic heterocycles. The third-order valence-corrected chi connectivity index (χ3v) is 1.16. The molecule has 13 heteroatoms. The van der Waals surface area contributed by atoms with Gasteiger partial charge >= 0.3 is 11.9 Å². The molecule has 0 aromatic rings. The van der Waals surface area contributed by atoms with E-state index in [9.17, 15) is 14.4 Å². The summed E-state index contributed by atoms with van der Waals surface area (Å²) in [6, 6.07) is 0. The van der Waals surface area contributed by atoms with Crippen molar-refractivity contribution in [2.45, 2.75) is 27.7 Å². The molecule has 0 aromatic heterocycles. The summed E-state index contributed by atoms with van der Waals surface area (Å²) in [5.41, 5.74) is 0. The van der Waals surface area contributed by atoms with E-state index in [-0.39, 0.29) is 143 Å². The zero-order valence-electron chi connectivity index (χ0n) is 16.2. The molecule has 150 valence electrons. The summed E-state index contributed by atoms with van der Waals surface area (Å²) in [4.78, 5) is 38.8. The van der Waals surface area contributed by atoms with Crippen LogP contribution in [0.5, 0.6) is 0 Å². The molecular formula is C14H24O9Y4-4. The van der Waals surface area contributed by atoms with Crippen molar-refractivity contribution >= 4 is 24.4 Å². The zero-order chi connectivity index (χ0) is 19.1. The molecule has 0 spiro atoms. The molecule has 0 aromatic carbocycles. The van der Waals surface area contributed by atoms with E-state index in [2.05, 4.69) is 45.0 Å². The van der Waals surface area contributed by atoms with Crippen LogP contribution in [0, 0.1) is 21.3 Å². The third kappa shape index (κ3) is 95.8. The number of carbonyl (C=O) groups excluding carboxylic acids is 4. The normalized spacial score (nSPS) is 6.33. The van der Waals surface area contributed by atoms with E-state index in [0.717, 1.165) is 0 Å². The van der Waals surface area contributed by atoms with Gasteiger partial charge in [-0.25, -0.2) is 7.11 Å². The largest absolute Gasteiger partial charge is 0.653 e. The summed E-state index contributed by atoms with van der Waals surface area (Å²) in [5.74, 6) is -1.53. The Morgan fingerprint density at radius 1 is 0.815 bits per heavy atom. The molecule has 0 saturated carbocycles. The van der Waals surface area contributed by atoms with E-state index in [1.165, 1.54) is 20.3 Å². The molecule has 0 heterocycles. The molecule has 0 aliphatic rings. The second-order valence-electron chi connectivity index (χ2n) is 2.94. The van der Waals surface area contributed by atoms with Gasteiger partial charge in [0, 0.05) is 158 Å². The Morgan fingerprint density at radius 3 is 1.30 bits per heavy atom. The number of ether oxygens (including phenoxy) is 5. The topological polar surface area (TPSA) is 114 Å². The van der Waals surface area contributed by atoms with Crippen LogP contribution in [-0.2, 0) is 174 Å². The fourth-order valence-corrected chi connectivity index (χ4v) is 0.261. The minimum Gasteiger partial charge on any atom is -0.653 e. The van der Waals surface area contributed by atoms with Gasteiger partial charge in [0.2, 0.25) is 0 Å². The van der Waals surface area contributed by atoms with Crippen LogP contribution >= 0.6 is 0 Å². The van der Waals surface area contributed by atoms with Crippen molar-refractivity contribution in [1.29, 1.82) is 0 Å². The van der Waals surface area contributed by atoms with Crippen molar-refractivity contribution in [3.63, 3.8) is 0 Å².